The molecule has 1 N–H and O–H groups in total. The first-order chi connectivity index (χ1) is 6.90. The summed E-state index contributed by atoms with van der Waals surface area (Å²) in [4.78, 5) is 7.74. The highest BCUT2D eigenvalue weighted by Crippen LogP contribution is 2.26. The van der Waals surface area contributed by atoms with Crippen molar-refractivity contribution < 1.29 is 5.11 Å². The van der Waals surface area contributed by atoms with E-state index >= 15 is 0 Å². The number of aliphatic hydroxyl groups is 1. The summed E-state index contributed by atoms with van der Waals surface area (Å²) in [5, 5.41) is 8.98. The largest absolute Gasteiger partial charge is 0.395 e. The van der Waals surface area contributed by atoms with Crippen LogP contribution in [-0.4, -0.2) is 34.2 Å². The van der Waals surface area contributed by atoms with Crippen LogP contribution in [0.5, 0.6) is 0 Å². The molecule has 14 heavy (non-hydrogen) atoms. The highest BCUT2D eigenvalue weighted by molar-refractivity contribution is 7.09. The first-order valence-electron chi connectivity index (χ1n) is 5.12. The monoisotopic (exact) mass is 212 g/mol. The second-order valence-electron chi connectivity index (χ2n) is 3.75. The van der Waals surface area contributed by atoms with E-state index in [0.717, 1.165) is 13.1 Å². The molecular formula is C10H16N2OS. The molecule has 1 aromatic rings. The molecule has 0 unspecified atom stereocenters. The van der Waals surface area contributed by atoms with Gasteiger partial charge >= 0.3 is 0 Å². The van der Waals surface area contributed by atoms with E-state index < -0.39 is 0 Å². The van der Waals surface area contributed by atoms with Gasteiger partial charge in [0.25, 0.3) is 0 Å². The molecule has 0 amide bonds. The summed E-state index contributed by atoms with van der Waals surface area (Å²) in [6.45, 7) is 2.01. The van der Waals surface area contributed by atoms with Crippen molar-refractivity contribution in [3.05, 3.63) is 16.6 Å². The van der Waals surface area contributed by atoms with Crippen molar-refractivity contribution in [3.63, 3.8) is 0 Å². The second-order valence-corrected chi connectivity index (χ2v) is 4.72. The Morgan fingerprint density at radius 1 is 1.57 bits per heavy atom. The number of aliphatic hydroxyl groups excluding tert-OH is 1. The lowest BCUT2D eigenvalue weighted by atomic mass is 9.91. The molecule has 0 saturated heterocycles. The van der Waals surface area contributed by atoms with Crippen molar-refractivity contribution in [3.8, 4) is 0 Å². The van der Waals surface area contributed by atoms with E-state index in [4.69, 9.17) is 5.11 Å². The van der Waals surface area contributed by atoms with E-state index in [1.165, 1.54) is 24.1 Å². The maximum absolute atomic E-state index is 8.98. The average molecular weight is 212 g/mol. The van der Waals surface area contributed by atoms with E-state index in [2.05, 4.69) is 9.88 Å². The molecule has 4 heteroatoms. The Morgan fingerprint density at radius 2 is 2.43 bits per heavy atom. The molecule has 3 nitrogen and oxygen atoms in total. The van der Waals surface area contributed by atoms with Crippen LogP contribution < -0.4 is 0 Å². The van der Waals surface area contributed by atoms with E-state index in [-0.39, 0.29) is 6.61 Å². The van der Waals surface area contributed by atoms with Gasteiger partial charge in [0, 0.05) is 30.2 Å². The fraction of sp³-hybridized carbons (Fsp3) is 0.700. The number of thiazole rings is 1. The smallest absolute Gasteiger partial charge is 0.0794 e. The maximum Gasteiger partial charge on any atom is 0.0794 e. The van der Waals surface area contributed by atoms with Crippen molar-refractivity contribution in [1.82, 2.24) is 9.88 Å². The van der Waals surface area contributed by atoms with Gasteiger partial charge in [-0.3, -0.25) is 9.88 Å². The van der Waals surface area contributed by atoms with Crippen LogP contribution in [0, 0.1) is 0 Å². The van der Waals surface area contributed by atoms with Crippen LogP contribution in [0.4, 0.5) is 0 Å². The Labute approximate surface area is 88.4 Å². The van der Waals surface area contributed by atoms with E-state index in [9.17, 15) is 0 Å². The quantitative estimate of drug-likeness (QED) is 0.803. The molecule has 1 saturated carbocycles. The lowest BCUT2D eigenvalue weighted by Crippen LogP contribution is -2.41. The van der Waals surface area contributed by atoms with Gasteiger partial charge in [-0.2, -0.15) is 0 Å². The Morgan fingerprint density at radius 3 is 2.93 bits per heavy atom. The SMILES string of the molecule is OCCN(Cc1cncs1)C1CCC1. The van der Waals surface area contributed by atoms with Crippen LogP contribution in [0.1, 0.15) is 24.1 Å². The van der Waals surface area contributed by atoms with Gasteiger partial charge in [-0.25, -0.2) is 0 Å². The van der Waals surface area contributed by atoms with Gasteiger partial charge in [0.05, 0.1) is 12.1 Å². The normalized spacial score (nSPS) is 17.3. The Bertz CT molecular complexity index is 259. The van der Waals surface area contributed by atoms with Crippen LogP contribution in [0.15, 0.2) is 11.7 Å². The molecule has 2 rings (SSSR count). The molecule has 0 aromatic carbocycles. The van der Waals surface area contributed by atoms with Crippen LogP contribution in [-0.2, 0) is 6.54 Å². The number of hydrogen-bond acceptors (Lipinski definition) is 4. The van der Waals surface area contributed by atoms with Gasteiger partial charge in [-0.15, -0.1) is 11.3 Å². The van der Waals surface area contributed by atoms with Gasteiger partial charge in [-0.1, -0.05) is 6.42 Å². The van der Waals surface area contributed by atoms with Gasteiger partial charge in [0.2, 0.25) is 0 Å². The Balaban J connectivity index is 1.89. The number of aromatic nitrogens is 1. The molecule has 0 spiro atoms. The standard InChI is InChI=1S/C10H16N2OS/c13-5-4-12(9-2-1-3-9)7-10-6-11-8-14-10/h6,8-9,13H,1-5,7H2. The molecule has 0 bridgehead atoms. The number of hydrogen-bond donors (Lipinski definition) is 1. The van der Waals surface area contributed by atoms with Crippen LogP contribution >= 0.6 is 11.3 Å². The minimum absolute atomic E-state index is 0.259. The summed E-state index contributed by atoms with van der Waals surface area (Å²) in [7, 11) is 0. The minimum atomic E-state index is 0.259. The second kappa shape index (κ2) is 4.87. The topological polar surface area (TPSA) is 36.4 Å². The van der Waals surface area contributed by atoms with Gasteiger partial charge in [-0.05, 0) is 12.8 Å². The zero-order valence-corrected chi connectivity index (χ0v) is 9.04. The fourth-order valence-electron chi connectivity index (χ4n) is 1.79. The van der Waals surface area contributed by atoms with Crippen molar-refractivity contribution in [2.45, 2.75) is 31.8 Å². The van der Waals surface area contributed by atoms with Gasteiger partial charge < -0.3 is 5.11 Å². The predicted molar refractivity (Wildman–Crippen MR) is 57.2 cm³/mol. The van der Waals surface area contributed by atoms with Crippen LogP contribution in [0.25, 0.3) is 0 Å². The van der Waals surface area contributed by atoms with E-state index in [0.29, 0.717) is 6.04 Å². The number of nitrogens with zero attached hydrogens (tertiary/aromatic N) is 2. The van der Waals surface area contributed by atoms with Crippen LogP contribution in [0.2, 0.25) is 0 Å². The highest BCUT2D eigenvalue weighted by atomic mass is 32.1. The summed E-state index contributed by atoms with van der Waals surface area (Å²) in [5.74, 6) is 0. The summed E-state index contributed by atoms with van der Waals surface area (Å²) < 4.78 is 0. The summed E-state index contributed by atoms with van der Waals surface area (Å²) >= 11 is 1.69. The van der Waals surface area contributed by atoms with Crippen LogP contribution in [0.3, 0.4) is 0 Å². The predicted octanol–water partition coefficient (Wildman–Crippen LogP) is 1.49. The minimum Gasteiger partial charge on any atom is -0.395 e. The lowest BCUT2D eigenvalue weighted by molar-refractivity contribution is 0.0955. The fourth-order valence-corrected chi connectivity index (χ4v) is 2.41. The summed E-state index contributed by atoms with van der Waals surface area (Å²) in [5.41, 5.74) is 1.87. The molecule has 1 heterocycles. The van der Waals surface area contributed by atoms with Gasteiger partial charge in [0.15, 0.2) is 0 Å². The molecule has 0 atom stereocenters. The highest BCUT2D eigenvalue weighted by Gasteiger charge is 2.24. The Hall–Kier alpha value is -0.450. The molecule has 1 aliphatic carbocycles. The molecule has 1 aliphatic rings. The molecule has 1 fully saturated rings. The molecule has 0 aliphatic heterocycles. The number of rotatable bonds is 5. The van der Waals surface area contributed by atoms with E-state index in [1.807, 2.05) is 11.7 Å². The third kappa shape index (κ3) is 2.32. The summed E-state index contributed by atoms with van der Waals surface area (Å²) in [6, 6.07) is 0.698. The lowest BCUT2D eigenvalue weighted by Gasteiger charge is -2.36. The maximum atomic E-state index is 8.98. The third-order valence-corrected chi connectivity index (χ3v) is 3.59. The van der Waals surface area contributed by atoms with Gasteiger partial charge in [0.1, 0.15) is 0 Å². The Kier molecular flexibility index (Phi) is 3.50. The first-order valence-corrected chi connectivity index (χ1v) is 6.00. The molecule has 78 valence electrons. The third-order valence-electron chi connectivity index (χ3n) is 2.82. The van der Waals surface area contributed by atoms with Crippen molar-refractivity contribution in [2.24, 2.45) is 0 Å². The summed E-state index contributed by atoms with van der Waals surface area (Å²) in [6.07, 6.45) is 5.85. The zero-order chi connectivity index (χ0) is 9.80. The van der Waals surface area contributed by atoms with Crippen molar-refractivity contribution >= 4 is 11.3 Å². The molecule has 0 radical (unpaired) electrons. The molecule has 1 aromatic heterocycles. The van der Waals surface area contributed by atoms with Crippen molar-refractivity contribution in [2.75, 3.05) is 13.2 Å². The first kappa shape index (κ1) is 10.1. The van der Waals surface area contributed by atoms with E-state index in [1.54, 1.807) is 11.3 Å². The molecular weight excluding hydrogens is 196 g/mol. The van der Waals surface area contributed by atoms with Crippen molar-refractivity contribution in [1.29, 1.82) is 0 Å². The zero-order valence-electron chi connectivity index (χ0n) is 8.22. The average Bonchev–Trinajstić information content (AvgIpc) is 2.54.